The molecule has 0 amide bonds. The summed E-state index contributed by atoms with van der Waals surface area (Å²) in [4.78, 5) is 8.85. The molecule has 5 heteroatoms. The Morgan fingerprint density at radius 3 is 2.74 bits per heavy atom. The third-order valence-corrected chi connectivity index (χ3v) is 3.55. The molecule has 1 aromatic carbocycles. The topological polar surface area (TPSA) is 61.0 Å². The first-order valence-electron chi connectivity index (χ1n) is 6.20. The summed E-state index contributed by atoms with van der Waals surface area (Å²) in [5, 5.41) is 0. The van der Waals surface area contributed by atoms with Gasteiger partial charge < -0.3 is 10.5 Å². The van der Waals surface area contributed by atoms with Gasteiger partial charge in [-0.1, -0.05) is 19.1 Å². The summed E-state index contributed by atoms with van der Waals surface area (Å²) >= 11 is 3.41. The summed E-state index contributed by atoms with van der Waals surface area (Å²) in [6.45, 7) is 4.62. The van der Waals surface area contributed by atoms with Crippen LogP contribution < -0.4 is 10.5 Å². The van der Waals surface area contributed by atoms with Gasteiger partial charge in [0.2, 0.25) is 0 Å². The van der Waals surface area contributed by atoms with Crippen molar-refractivity contribution in [1.29, 1.82) is 0 Å². The maximum Gasteiger partial charge on any atom is 0.161 e. The number of rotatable bonds is 4. The van der Waals surface area contributed by atoms with Gasteiger partial charge in [-0.3, -0.25) is 0 Å². The average molecular weight is 322 g/mol. The normalized spacial score (nSPS) is 10.5. The number of hydrogen-bond acceptors (Lipinski definition) is 4. The predicted octanol–water partition coefficient (Wildman–Crippen LogP) is 3.45. The standard InChI is InChI=1S/C14H16BrN3O/c1-3-11-12(15)13(16)18-14(17-11)9-6-5-7-10(8-9)19-4-2/h5-8H,3-4H2,1-2H3,(H2,16,17,18). The molecule has 1 heterocycles. The average Bonchev–Trinajstić information content (AvgIpc) is 2.42. The molecule has 0 saturated heterocycles. The van der Waals surface area contributed by atoms with Crippen LogP contribution in [-0.2, 0) is 6.42 Å². The summed E-state index contributed by atoms with van der Waals surface area (Å²) in [6.07, 6.45) is 0.797. The number of hydrogen-bond donors (Lipinski definition) is 1. The van der Waals surface area contributed by atoms with Crippen molar-refractivity contribution in [2.75, 3.05) is 12.3 Å². The fourth-order valence-electron chi connectivity index (χ4n) is 1.77. The van der Waals surface area contributed by atoms with E-state index in [1.807, 2.05) is 38.1 Å². The van der Waals surface area contributed by atoms with Crippen LogP contribution in [0.25, 0.3) is 11.4 Å². The van der Waals surface area contributed by atoms with Crippen molar-refractivity contribution in [1.82, 2.24) is 9.97 Å². The molecule has 1 aromatic heterocycles. The molecule has 0 spiro atoms. The zero-order valence-electron chi connectivity index (χ0n) is 11.0. The van der Waals surface area contributed by atoms with Crippen LogP contribution in [-0.4, -0.2) is 16.6 Å². The summed E-state index contributed by atoms with van der Waals surface area (Å²) in [5.74, 6) is 1.89. The quantitative estimate of drug-likeness (QED) is 0.936. The number of halogens is 1. The van der Waals surface area contributed by atoms with Crippen LogP contribution >= 0.6 is 15.9 Å². The predicted molar refractivity (Wildman–Crippen MR) is 80.1 cm³/mol. The van der Waals surface area contributed by atoms with Gasteiger partial charge in [0.15, 0.2) is 5.82 Å². The molecule has 0 saturated carbocycles. The highest BCUT2D eigenvalue weighted by molar-refractivity contribution is 9.10. The van der Waals surface area contributed by atoms with Crippen molar-refractivity contribution in [3.05, 3.63) is 34.4 Å². The monoisotopic (exact) mass is 321 g/mol. The molecule has 0 aliphatic carbocycles. The summed E-state index contributed by atoms with van der Waals surface area (Å²) < 4.78 is 6.26. The SMILES string of the molecule is CCOc1cccc(-c2nc(N)c(Br)c(CC)n2)c1. The van der Waals surface area contributed by atoms with E-state index in [1.54, 1.807) is 0 Å². The van der Waals surface area contributed by atoms with Gasteiger partial charge in [0.25, 0.3) is 0 Å². The number of nitrogens with zero attached hydrogens (tertiary/aromatic N) is 2. The van der Waals surface area contributed by atoms with Crippen molar-refractivity contribution >= 4 is 21.7 Å². The van der Waals surface area contributed by atoms with Crippen LogP contribution in [0.4, 0.5) is 5.82 Å². The minimum Gasteiger partial charge on any atom is -0.494 e. The van der Waals surface area contributed by atoms with E-state index in [-0.39, 0.29) is 0 Å². The summed E-state index contributed by atoms with van der Waals surface area (Å²) in [5.41, 5.74) is 7.71. The van der Waals surface area contributed by atoms with Crippen molar-refractivity contribution in [2.45, 2.75) is 20.3 Å². The highest BCUT2D eigenvalue weighted by atomic mass is 79.9. The molecule has 2 aromatic rings. The Morgan fingerprint density at radius 1 is 1.26 bits per heavy atom. The van der Waals surface area contributed by atoms with Gasteiger partial charge in [0.1, 0.15) is 11.6 Å². The number of benzene rings is 1. The molecule has 0 atom stereocenters. The Kier molecular flexibility index (Phi) is 4.37. The smallest absolute Gasteiger partial charge is 0.161 e. The summed E-state index contributed by atoms with van der Waals surface area (Å²) in [7, 11) is 0. The molecule has 0 aliphatic heterocycles. The molecule has 2 N–H and O–H groups in total. The van der Waals surface area contributed by atoms with Crippen LogP contribution in [0.1, 0.15) is 19.5 Å². The van der Waals surface area contributed by atoms with E-state index >= 15 is 0 Å². The Morgan fingerprint density at radius 2 is 2.05 bits per heavy atom. The molecule has 0 fully saturated rings. The molecule has 0 aliphatic rings. The highest BCUT2D eigenvalue weighted by Gasteiger charge is 2.10. The Balaban J connectivity index is 2.46. The van der Waals surface area contributed by atoms with E-state index in [9.17, 15) is 0 Å². The van der Waals surface area contributed by atoms with Crippen molar-refractivity contribution in [3.63, 3.8) is 0 Å². The Hall–Kier alpha value is -1.62. The van der Waals surface area contributed by atoms with Gasteiger partial charge in [0, 0.05) is 5.56 Å². The number of aryl methyl sites for hydroxylation is 1. The van der Waals surface area contributed by atoms with E-state index in [4.69, 9.17) is 10.5 Å². The number of nitrogen functional groups attached to an aromatic ring is 1. The Bertz CT molecular complexity index is 587. The van der Waals surface area contributed by atoms with Crippen LogP contribution in [0.5, 0.6) is 5.75 Å². The van der Waals surface area contributed by atoms with Gasteiger partial charge in [-0.05, 0) is 41.4 Å². The zero-order valence-corrected chi connectivity index (χ0v) is 12.6. The second-order valence-corrected chi connectivity index (χ2v) is 4.80. The van der Waals surface area contributed by atoms with Crippen LogP contribution in [0.15, 0.2) is 28.7 Å². The zero-order chi connectivity index (χ0) is 13.8. The fourth-order valence-corrected chi connectivity index (χ4v) is 2.23. The first kappa shape index (κ1) is 13.8. The van der Waals surface area contributed by atoms with E-state index < -0.39 is 0 Å². The van der Waals surface area contributed by atoms with E-state index in [1.165, 1.54) is 0 Å². The minimum atomic E-state index is 0.462. The molecule has 19 heavy (non-hydrogen) atoms. The van der Waals surface area contributed by atoms with Crippen LogP contribution in [0.2, 0.25) is 0 Å². The Labute approximate surface area is 121 Å². The number of aromatic nitrogens is 2. The second-order valence-electron chi connectivity index (χ2n) is 4.01. The van der Waals surface area contributed by atoms with Gasteiger partial charge >= 0.3 is 0 Å². The van der Waals surface area contributed by atoms with Crippen molar-refractivity contribution in [2.24, 2.45) is 0 Å². The highest BCUT2D eigenvalue weighted by Crippen LogP contribution is 2.27. The molecule has 2 rings (SSSR count). The molecule has 100 valence electrons. The first-order chi connectivity index (χ1) is 9.15. The molecule has 4 nitrogen and oxygen atoms in total. The van der Waals surface area contributed by atoms with Gasteiger partial charge in [-0.25, -0.2) is 9.97 Å². The number of anilines is 1. The van der Waals surface area contributed by atoms with Gasteiger partial charge in [0.05, 0.1) is 16.8 Å². The lowest BCUT2D eigenvalue weighted by Gasteiger charge is -2.09. The minimum absolute atomic E-state index is 0.462. The number of nitrogens with two attached hydrogens (primary N) is 1. The number of ether oxygens (including phenoxy) is 1. The van der Waals surface area contributed by atoms with E-state index in [0.29, 0.717) is 18.2 Å². The van der Waals surface area contributed by atoms with Crippen LogP contribution in [0, 0.1) is 0 Å². The van der Waals surface area contributed by atoms with Crippen LogP contribution in [0.3, 0.4) is 0 Å². The van der Waals surface area contributed by atoms with Crippen molar-refractivity contribution < 1.29 is 4.74 Å². The molecule has 0 radical (unpaired) electrons. The third-order valence-electron chi connectivity index (χ3n) is 2.68. The first-order valence-corrected chi connectivity index (χ1v) is 7.00. The fraction of sp³-hybridized carbons (Fsp3) is 0.286. The largest absolute Gasteiger partial charge is 0.494 e. The molecular formula is C14H16BrN3O. The maximum atomic E-state index is 5.90. The van der Waals surface area contributed by atoms with Gasteiger partial charge in [-0.15, -0.1) is 0 Å². The lowest BCUT2D eigenvalue weighted by molar-refractivity contribution is 0.340. The second kappa shape index (κ2) is 6.02. The van der Waals surface area contributed by atoms with E-state index in [0.717, 1.165) is 27.9 Å². The molecule has 0 bridgehead atoms. The lowest BCUT2D eigenvalue weighted by Crippen LogP contribution is -2.02. The third kappa shape index (κ3) is 3.04. The van der Waals surface area contributed by atoms with Gasteiger partial charge in [-0.2, -0.15) is 0 Å². The van der Waals surface area contributed by atoms with Crippen molar-refractivity contribution in [3.8, 4) is 17.1 Å². The van der Waals surface area contributed by atoms with E-state index in [2.05, 4.69) is 25.9 Å². The summed E-state index contributed by atoms with van der Waals surface area (Å²) in [6, 6.07) is 7.71. The molecular weight excluding hydrogens is 306 g/mol. The molecule has 0 unspecified atom stereocenters. The maximum absolute atomic E-state index is 5.90. The lowest BCUT2D eigenvalue weighted by atomic mass is 10.2.